The van der Waals surface area contributed by atoms with Crippen LogP contribution in [0, 0.1) is 40.0 Å². The molecule has 130 valence electrons. The predicted molar refractivity (Wildman–Crippen MR) is 95.3 cm³/mol. The standard InChI is InChI=1S/C18H30N2O2S/c1-11-12(2)14(4)17(15(5)13(11)3)23(21,22)20-9-8-16(19)18(6,7)10-20/h16H,8-10,19H2,1-7H3. The quantitative estimate of drug-likeness (QED) is 0.901. The number of nitrogens with two attached hydrogens (primary N) is 1. The fraction of sp³-hybridized carbons (Fsp3) is 0.667. The zero-order valence-electron chi connectivity index (χ0n) is 15.4. The molecule has 1 atom stereocenters. The molecule has 5 heteroatoms. The predicted octanol–water partition coefficient (Wildman–Crippen LogP) is 2.98. The van der Waals surface area contributed by atoms with Crippen LogP contribution in [0.3, 0.4) is 0 Å². The summed E-state index contributed by atoms with van der Waals surface area (Å²) in [6, 6.07) is 0.0395. The summed E-state index contributed by atoms with van der Waals surface area (Å²) in [4.78, 5) is 0.490. The summed E-state index contributed by atoms with van der Waals surface area (Å²) < 4.78 is 28.3. The molecule has 4 nitrogen and oxygen atoms in total. The first-order valence-electron chi connectivity index (χ1n) is 8.24. The number of nitrogens with zero attached hydrogens (tertiary/aromatic N) is 1. The molecule has 23 heavy (non-hydrogen) atoms. The van der Waals surface area contributed by atoms with Gasteiger partial charge < -0.3 is 5.73 Å². The minimum absolute atomic E-state index is 0.0395. The lowest BCUT2D eigenvalue weighted by molar-refractivity contribution is 0.155. The van der Waals surface area contributed by atoms with Crippen LogP contribution >= 0.6 is 0 Å². The summed E-state index contributed by atoms with van der Waals surface area (Å²) >= 11 is 0. The van der Waals surface area contributed by atoms with Crippen LogP contribution in [-0.2, 0) is 10.0 Å². The van der Waals surface area contributed by atoms with Crippen molar-refractivity contribution < 1.29 is 8.42 Å². The molecule has 1 aromatic carbocycles. The highest BCUT2D eigenvalue weighted by Gasteiger charge is 2.40. The fourth-order valence-corrected chi connectivity index (χ4v) is 5.70. The molecule has 1 unspecified atom stereocenters. The molecule has 0 bridgehead atoms. The van der Waals surface area contributed by atoms with Gasteiger partial charge in [-0.3, -0.25) is 0 Å². The Balaban J connectivity index is 2.58. The Morgan fingerprint density at radius 2 is 1.39 bits per heavy atom. The van der Waals surface area contributed by atoms with E-state index in [0.717, 1.165) is 22.3 Å². The van der Waals surface area contributed by atoms with Gasteiger partial charge in [0.15, 0.2) is 0 Å². The molecule has 1 saturated heterocycles. The highest BCUT2D eigenvalue weighted by atomic mass is 32.2. The molecule has 0 radical (unpaired) electrons. The third-order valence-corrected chi connectivity index (χ3v) is 7.93. The maximum absolute atomic E-state index is 13.3. The summed E-state index contributed by atoms with van der Waals surface area (Å²) in [5.41, 5.74) is 11.0. The average Bonchev–Trinajstić information content (AvgIpc) is 2.45. The van der Waals surface area contributed by atoms with Gasteiger partial charge in [-0.05, 0) is 74.3 Å². The van der Waals surface area contributed by atoms with Crippen molar-refractivity contribution >= 4 is 10.0 Å². The first kappa shape index (κ1) is 18.4. The van der Waals surface area contributed by atoms with Crippen molar-refractivity contribution in [2.45, 2.75) is 65.8 Å². The molecule has 0 aliphatic carbocycles. The molecule has 0 aromatic heterocycles. The van der Waals surface area contributed by atoms with Gasteiger partial charge in [0.25, 0.3) is 0 Å². The van der Waals surface area contributed by atoms with E-state index in [2.05, 4.69) is 6.92 Å². The molecule has 1 aromatic rings. The summed E-state index contributed by atoms with van der Waals surface area (Å²) in [5.74, 6) is 0. The van der Waals surface area contributed by atoms with E-state index in [4.69, 9.17) is 5.73 Å². The maximum Gasteiger partial charge on any atom is 0.243 e. The third kappa shape index (κ3) is 2.94. The van der Waals surface area contributed by atoms with E-state index in [1.165, 1.54) is 5.56 Å². The third-order valence-electron chi connectivity index (χ3n) is 5.81. The minimum atomic E-state index is -3.50. The fourth-order valence-electron chi connectivity index (χ4n) is 3.51. The summed E-state index contributed by atoms with van der Waals surface area (Å²) in [7, 11) is -3.50. The van der Waals surface area contributed by atoms with E-state index in [1.807, 2.05) is 41.5 Å². The van der Waals surface area contributed by atoms with Gasteiger partial charge >= 0.3 is 0 Å². The van der Waals surface area contributed by atoms with Gasteiger partial charge in [0.2, 0.25) is 10.0 Å². The number of hydrogen-bond donors (Lipinski definition) is 1. The van der Waals surface area contributed by atoms with Gasteiger partial charge in [-0.2, -0.15) is 4.31 Å². The van der Waals surface area contributed by atoms with E-state index < -0.39 is 10.0 Å². The SMILES string of the molecule is Cc1c(C)c(C)c(S(=O)(=O)N2CCC(N)C(C)(C)C2)c(C)c1C. The van der Waals surface area contributed by atoms with Gasteiger partial charge in [-0.15, -0.1) is 0 Å². The molecule has 1 aliphatic heterocycles. The van der Waals surface area contributed by atoms with Gasteiger partial charge in [-0.1, -0.05) is 13.8 Å². The zero-order chi connectivity index (χ0) is 17.7. The van der Waals surface area contributed by atoms with Crippen LogP contribution in [0.1, 0.15) is 48.1 Å². The minimum Gasteiger partial charge on any atom is -0.327 e. The Morgan fingerprint density at radius 3 is 1.83 bits per heavy atom. The second-order valence-electron chi connectivity index (χ2n) is 7.68. The zero-order valence-corrected chi connectivity index (χ0v) is 16.3. The number of sulfonamides is 1. The Morgan fingerprint density at radius 1 is 0.957 bits per heavy atom. The number of hydrogen-bond acceptors (Lipinski definition) is 3. The summed E-state index contributed by atoms with van der Waals surface area (Å²) in [6.45, 7) is 15.0. The topological polar surface area (TPSA) is 63.4 Å². The van der Waals surface area contributed by atoms with Crippen LogP contribution in [0.4, 0.5) is 0 Å². The van der Waals surface area contributed by atoms with Gasteiger partial charge in [0, 0.05) is 19.1 Å². The molecular weight excluding hydrogens is 308 g/mol. The Kier molecular flexibility index (Phi) is 4.70. The number of rotatable bonds is 2. The van der Waals surface area contributed by atoms with Crippen molar-refractivity contribution in [2.24, 2.45) is 11.1 Å². The molecule has 0 saturated carbocycles. The molecule has 0 amide bonds. The lowest BCUT2D eigenvalue weighted by Gasteiger charge is -2.42. The van der Waals surface area contributed by atoms with Gasteiger partial charge in [0.1, 0.15) is 0 Å². The second kappa shape index (κ2) is 5.87. The van der Waals surface area contributed by atoms with Crippen LogP contribution in [0.2, 0.25) is 0 Å². The first-order chi connectivity index (χ1) is 10.4. The second-order valence-corrected chi connectivity index (χ2v) is 9.55. The highest BCUT2D eigenvalue weighted by molar-refractivity contribution is 7.89. The van der Waals surface area contributed by atoms with Crippen molar-refractivity contribution in [3.05, 3.63) is 27.8 Å². The van der Waals surface area contributed by atoms with Crippen LogP contribution in [0.25, 0.3) is 0 Å². The van der Waals surface area contributed by atoms with Crippen molar-refractivity contribution in [1.29, 1.82) is 0 Å². The van der Waals surface area contributed by atoms with Crippen LogP contribution in [-0.4, -0.2) is 31.9 Å². The summed E-state index contributed by atoms with van der Waals surface area (Å²) in [5, 5.41) is 0. The molecule has 0 spiro atoms. The molecule has 1 heterocycles. The normalized spacial score (nSPS) is 22.3. The van der Waals surface area contributed by atoms with Crippen LogP contribution in [0.15, 0.2) is 4.90 Å². The first-order valence-corrected chi connectivity index (χ1v) is 9.68. The molecule has 2 rings (SSSR count). The van der Waals surface area contributed by atoms with E-state index in [0.29, 0.717) is 24.4 Å². The van der Waals surface area contributed by atoms with Crippen LogP contribution < -0.4 is 5.73 Å². The lowest BCUT2D eigenvalue weighted by Crippen LogP contribution is -2.54. The van der Waals surface area contributed by atoms with Crippen molar-refractivity contribution in [3.8, 4) is 0 Å². The highest BCUT2D eigenvalue weighted by Crippen LogP contribution is 2.35. The maximum atomic E-state index is 13.3. The van der Waals surface area contributed by atoms with Crippen LogP contribution in [0.5, 0.6) is 0 Å². The average molecular weight is 339 g/mol. The Labute approximate surface area is 141 Å². The van der Waals surface area contributed by atoms with Crippen molar-refractivity contribution in [2.75, 3.05) is 13.1 Å². The largest absolute Gasteiger partial charge is 0.327 e. The molecule has 1 fully saturated rings. The number of piperidine rings is 1. The Bertz CT molecular complexity index is 707. The molecular formula is C18H30N2O2S. The van der Waals surface area contributed by atoms with E-state index in [-0.39, 0.29) is 11.5 Å². The monoisotopic (exact) mass is 338 g/mol. The molecule has 2 N–H and O–H groups in total. The number of benzene rings is 1. The smallest absolute Gasteiger partial charge is 0.243 e. The summed E-state index contributed by atoms with van der Waals surface area (Å²) in [6.07, 6.45) is 0.703. The lowest BCUT2D eigenvalue weighted by atomic mass is 9.81. The van der Waals surface area contributed by atoms with E-state index in [1.54, 1.807) is 4.31 Å². The molecule has 1 aliphatic rings. The van der Waals surface area contributed by atoms with E-state index in [9.17, 15) is 8.42 Å². The van der Waals surface area contributed by atoms with Gasteiger partial charge in [0.05, 0.1) is 4.90 Å². The Hall–Kier alpha value is -0.910. The van der Waals surface area contributed by atoms with E-state index >= 15 is 0 Å². The van der Waals surface area contributed by atoms with Crippen molar-refractivity contribution in [1.82, 2.24) is 4.31 Å². The van der Waals surface area contributed by atoms with Gasteiger partial charge in [-0.25, -0.2) is 8.42 Å². The van der Waals surface area contributed by atoms with Crippen molar-refractivity contribution in [3.63, 3.8) is 0 Å².